The van der Waals surface area contributed by atoms with Gasteiger partial charge in [-0.15, -0.1) is 0 Å². The van der Waals surface area contributed by atoms with E-state index in [1.165, 1.54) is 30.8 Å². The molecule has 4 aromatic heterocycles. The van der Waals surface area contributed by atoms with Crippen molar-refractivity contribution in [2.45, 2.75) is 38.1 Å². The number of halogens is 2. The van der Waals surface area contributed by atoms with Crippen molar-refractivity contribution in [3.05, 3.63) is 60.2 Å². The number of hydrogen-bond donors (Lipinski definition) is 3. The number of nitrogens with zero attached hydrogens (tertiary/aromatic N) is 8. The number of carbonyl (C=O) groups excluding carboxylic acids is 1. The van der Waals surface area contributed by atoms with Gasteiger partial charge >= 0.3 is 0 Å². The maximum absolute atomic E-state index is 14.3. The zero-order valence-corrected chi connectivity index (χ0v) is 21.7. The Morgan fingerprint density at radius 2 is 2.00 bits per heavy atom. The molecule has 1 amide bonds. The highest BCUT2D eigenvalue weighted by Gasteiger charge is 2.29. The summed E-state index contributed by atoms with van der Waals surface area (Å²) in [7, 11) is 0. The third-order valence-corrected chi connectivity index (χ3v) is 6.56. The van der Waals surface area contributed by atoms with Crippen LogP contribution in [-0.2, 0) is 0 Å². The molecule has 5 heterocycles. The molecule has 2 atom stereocenters. The maximum atomic E-state index is 14.3. The number of nitriles is 1. The van der Waals surface area contributed by atoms with Crippen LogP contribution in [0.4, 0.5) is 20.4 Å². The van der Waals surface area contributed by atoms with E-state index in [4.69, 9.17) is 5.26 Å². The van der Waals surface area contributed by atoms with Crippen LogP contribution in [0.1, 0.15) is 36.2 Å². The number of nitrogens with one attached hydrogen (secondary N) is 2. The van der Waals surface area contributed by atoms with Crippen LogP contribution in [-0.4, -0.2) is 78.0 Å². The van der Waals surface area contributed by atoms with Crippen molar-refractivity contribution in [1.82, 2.24) is 34.9 Å². The molecule has 5 rings (SSSR count). The molecule has 1 aliphatic rings. The second kappa shape index (κ2) is 10.8. The van der Waals surface area contributed by atoms with E-state index in [2.05, 4.69) is 35.7 Å². The van der Waals surface area contributed by atoms with Crippen molar-refractivity contribution in [2.75, 3.05) is 29.9 Å². The van der Waals surface area contributed by atoms with E-state index in [1.807, 2.05) is 11.0 Å². The van der Waals surface area contributed by atoms with Gasteiger partial charge in [0.2, 0.25) is 5.95 Å². The SMILES string of the molecule is CC(C)(O)[C@H](F)CNC(=O)c1cnc(-c2cnn3cc(C#N)cnc23)cc1N[C@@H]1CCN(c2ncc(F)cn2)C1. The van der Waals surface area contributed by atoms with Gasteiger partial charge in [-0.25, -0.2) is 28.2 Å². The molecule has 0 aliphatic carbocycles. The van der Waals surface area contributed by atoms with Crippen LogP contribution >= 0.6 is 0 Å². The molecule has 3 N–H and O–H groups in total. The Labute approximate surface area is 227 Å². The number of alkyl halides is 1. The van der Waals surface area contributed by atoms with Crippen LogP contribution in [0.25, 0.3) is 16.9 Å². The summed E-state index contributed by atoms with van der Waals surface area (Å²) in [5, 5.41) is 29.2. The average molecular weight is 549 g/mol. The predicted molar refractivity (Wildman–Crippen MR) is 141 cm³/mol. The van der Waals surface area contributed by atoms with E-state index >= 15 is 0 Å². The lowest BCUT2D eigenvalue weighted by molar-refractivity contribution is -0.00177. The van der Waals surface area contributed by atoms with Gasteiger partial charge in [-0.2, -0.15) is 10.4 Å². The van der Waals surface area contributed by atoms with Gasteiger partial charge in [0.25, 0.3) is 5.91 Å². The third-order valence-electron chi connectivity index (χ3n) is 6.56. The molecule has 0 radical (unpaired) electrons. The standard InChI is InChI=1S/C26H26F2N10O2/c1-26(2,40)22(28)12-32-24(39)19-10-30-20(18-11-35-38-13-15(6-29)7-31-23(18)38)5-21(19)36-17-3-4-37(14-17)25-33-8-16(27)9-34-25/h5,7-11,13,17,22,40H,3-4,12,14H2,1-2H3,(H,30,36)(H,32,39)/t17-,22-/m1/s1. The molecular weight excluding hydrogens is 522 g/mol. The smallest absolute Gasteiger partial charge is 0.255 e. The minimum atomic E-state index is -1.68. The zero-order valence-electron chi connectivity index (χ0n) is 21.7. The van der Waals surface area contributed by atoms with E-state index in [0.29, 0.717) is 53.6 Å². The fourth-order valence-corrected chi connectivity index (χ4v) is 4.29. The van der Waals surface area contributed by atoms with Crippen molar-refractivity contribution < 1.29 is 18.7 Å². The molecule has 206 valence electrons. The summed E-state index contributed by atoms with van der Waals surface area (Å²) in [6.45, 7) is 3.37. The lowest BCUT2D eigenvalue weighted by atomic mass is 10.0. The van der Waals surface area contributed by atoms with E-state index < -0.39 is 23.5 Å². The summed E-state index contributed by atoms with van der Waals surface area (Å²) in [5.74, 6) is -0.695. The quantitative estimate of drug-likeness (QED) is 0.298. The van der Waals surface area contributed by atoms with E-state index in [1.54, 1.807) is 18.5 Å². The summed E-state index contributed by atoms with van der Waals surface area (Å²) in [6.07, 6.45) is 7.15. The maximum Gasteiger partial charge on any atom is 0.255 e. The van der Waals surface area contributed by atoms with Gasteiger partial charge in [0.15, 0.2) is 11.5 Å². The minimum absolute atomic E-state index is 0.124. The number of aliphatic hydroxyl groups is 1. The van der Waals surface area contributed by atoms with Crippen molar-refractivity contribution in [2.24, 2.45) is 0 Å². The Morgan fingerprint density at radius 3 is 2.73 bits per heavy atom. The predicted octanol–water partition coefficient (Wildman–Crippen LogP) is 2.12. The van der Waals surface area contributed by atoms with Crippen LogP contribution in [0, 0.1) is 17.1 Å². The van der Waals surface area contributed by atoms with Crippen molar-refractivity contribution >= 4 is 23.2 Å². The normalized spacial score (nSPS) is 16.1. The monoisotopic (exact) mass is 548 g/mol. The number of rotatable bonds is 8. The van der Waals surface area contributed by atoms with E-state index in [0.717, 1.165) is 12.4 Å². The Hall–Kier alpha value is -4.77. The summed E-state index contributed by atoms with van der Waals surface area (Å²) < 4.78 is 29.1. The Bertz CT molecular complexity index is 1580. The number of anilines is 2. The van der Waals surface area contributed by atoms with Gasteiger partial charge in [-0.3, -0.25) is 9.78 Å². The molecule has 0 aromatic carbocycles. The first-order valence-electron chi connectivity index (χ1n) is 12.5. The van der Waals surface area contributed by atoms with Gasteiger partial charge in [0.1, 0.15) is 12.2 Å². The van der Waals surface area contributed by atoms with Crippen LogP contribution in [0.2, 0.25) is 0 Å². The molecule has 14 heteroatoms. The summed E-state index contributed by atoms with van der Waals surface area (Å²) in [5.41, 5.74) is 0.883. The minimum Gasteiger partial charge on any atom is -0.387 e. The van der Waals surface area contributed by atoms with Gasteiger partial charge in [-0.1, -0.05) is 0 Å². The molecule has 0 saturated carbocycles. The number of amides is 1. The van der Waals surface area contributed by atoms with Crippen LogP contribution in [0.3, 0.4) is 0 Å². The second-order valence-corrected chi connectivity index (χ2v) is 10.0. The lowest BCUT2D eigenvalue weighted by Crippen LogP contribution is -2.42. The summed E-state index contributed by atoms with van der Waals surface area (Å²) in [4.78, 5) is 31.9. The number of carbonyl (C=O) groups is 1. The van der Waals surface area contributed by atoms with Crippen LogP contribution < -0.4 is 15.5 Å². The highest BCUT2D eigenvalue weighted by Crippen LogP contribution is 2.28. The fraction of sp³-hybridized carbons (Fsp3) is 0.346. The Balaban J connectivity index is 1.43. The molecule has 0 unspecified atom stereocenters. The Morgan fingerprint density at radius 1 is 1.23 bits per heavy atom. The fourth-order valence-electron chi connectivity index (χ4n) is 4.29. The molecule has 1 aliphatic heterocycles. The summed E-state index contributed by atoms with van der Waals surface area (Å²) in [6, 6.07) is 3.58. The highest BCUT2D eigenvalue weighted by atomic mass is 19.1. The number of fused-ring (bicyclic) bond motifs is 1. The first-order chi connectivity index (χ1) is 19.1. The lowest BCUT2D eigenvalue weighted by Gasteiger charge is -2.23. The Kier molecular flexibility index (Phi) is 7.22. The largest absolute Gasteiger partial charge is 0.387 e. The molecule has 1 fully saturated rings. The van der Waals surface area contributed by atoms with Gasteiger partial charge in [0, 0.05) is 31.5 Å². The van der Waals surface area contributed by atoms with E-state index in [9.17, 15) is 18.7 Å². The first kappa shape index (κ1) is 26.8. The van der Waals surface area contributed by atoms with Gasteiger partial charge in [0.05, 0.1) is 65.0 Å². The van der Waals surface area contributed by atoms with Crippen LogP contribution in [0.5, 0.6) is 0 Å². The van der Waals surface area contributed by atoms with Crippen molar-refractivity contribution in [3.63, 3.8) is 0 Å². The molecule has 4 aromatic rings. The van der Waals surface area contributed by atoms with Crippen molar-refractivity contribution in [3.8, 4) is 17.3 Å². The number of hydrogen-bond acceptors (Lipinski definition) is 10. The third kappa shape index (κ3) is 5.64. The average Bonchev–Trinajstić information content (AvgIpc) is 3.58. The topological polar surface area (TPSA) is 157 Å². The molecule has 40 heavy (non-hydrogen) atoms. The first-order valence-corrected chi connectivity index (χ1v) is 12.5. The molecule has 0 bridgehead atoms. The van der Waals surface area contributed by atoms with Crippen molar-refractivity contribution in [1.29, 1.82) is 5.26 Å². The molecule has 1 saturated heterocycles. The molecule has 12 nitrogen and oxygen atoms in total. The molecule has 0 spiro atoms. The van der Waals surface area contributed by atoms with E-state index in [-0.39, 0.29) is 18.2 Å². The second-order valence-electron chi connectivity index (χ2n) is 10.0. The summed E-state index contributed by atoms with van der Waals surface area (Å²) >= 11 is 0. The van der Waals surface area contributed by atoms with Gasteiger partial charge in [-0.05, 0) is 26.3 Å². The van der Waals surface area contributed by atoms with Crippen LogP contribution in [0.15, 0.2) is 43.2 Å². The highest BCUT2D eigenvalue weighted by molar-refractivity contribution is 6.00. The molecular formula is C26H26F2N10O2. The van der Waals surface area contributed by atoms with Gasteiger partial charge < -0.3 is 20.6 Å². The zero-order chi connectivity index (χ0) is 28.4. The number of aromatic nitrogens is 6. The number of pyridine rings is 1.